The number of anilines is 6. The molecule has 4 nitrogen and oxygen atoms in total. The topological polar surface area (TPSA) is 32.8 Å². The van der Waals surface area contributed by atoms with Crippen LogP contribution in [-0.2, 0) is 10.8 Å². The number of benzene rings is 7. The van der Waals surface area contributed by atoms with Crippen molar-refractivity contribution < 1.29 is 8.83 Å². The zero-order valence-electron chi connectivity index (χ0n) is 35.3. The number of fused-ring (bicyclic) bond motifs is 2. The third-order valence-corrected chi connectivity index (χ3v) is 11.8. The van der Waals surface area contributed by atoms with Crippen LogP contribution in [0.1, 0.15) is 58.2 Å². The van der Waals surface area contributed by atoms with Crippen LogP contribution in [0.2, 0.25) is 5.02 Å². The summed E-state index contributed by atoms with van der Waals surface area (Å²) in [4.78, 5) is 4.57. The highest BCUT2D eigenvalue weighted by Crippen LogP contribution is 2.49. The molecule has 7 aromatic carbocycles. The number of rotatable bonds is 8. The van der Waals surface area contributed by atoms with Gasteiger partial charge < -0.3 is 18.6 Å². The van der Waals surface area contributed by atoms with Crippen LogP contribution in [0.15, 0.2) is 179 Å². The molecule has 0 aliphatic rings. The summed E-state index contributed by atoms with van der Waals surface area (Å²) >= 11 is 7.90. The van der Waals surface area contributed by atoms with E-state index in [-0.39, 0.29) is 10.8 Å². The van der Waals surface area contributed by atoms with Crippen molar-refractivity contribution >= 4 is 67.7 Å². The van der Waals surface area contributed by atoms with Gasteiger partial charge in [-0.25, -0.2) is 0 Å². The lowest BCUT2D eigenvalue weighted by Gasteiger charge is -2.32. The Labute approximate surface area is 358 Å². The summed E-state index contributed by atoms with van der Waals surface area (Å²) in [5.74, 6) is 0. The number of hydrogen-bond donors (Lipinski definition) is 0. The van der Waals surface area contributed by atoms with Crippen molar-refractivity contribution in [3.63, 3.8) is 0 Å². The highest BCUT2D eigenvalue weighted by molar-refractivity contribution is 6.36. The highest BCUT2D eigenvalue weighted by atomic mass is 35.5. The van der Waals surface area contributed by atoms with Crippen molar-refractivity contribution in [3.8, 4) is 22.3 Å². The first kappa shape index (κ1) is 39.0. The van der Waals surface area contributed by atoms with E-state index in [2.05, 4.69) is 192 Å². The van der Waals surface area contributed by atoms with Gasteiger partial charge in [0.1, 0.15) is 11.2 Å². The summed E-state index contributed by atoms with van der Waals surface area (Å²) in [7, 11) is 0. The maximum Gasteiger partial charge on any atom is 0.134 e. The molecule has 5 heteroatoms. The van der Waals surface area contributed by atoms with Gasteiger partial charge in [0.25, 0.3) is 0 Å². The number of furan rings is 2. The normalized spacial score (nSPS) is 12.0. The Bertz CT molecular complexity index is 2800. The number of para-hydroxylation sites is 2. The summed E-state index contributed by atoms with van der Waals surface area (Å²) in [6.07, 6.45) is 3.70. The minimum atomic E-state index is 0.0148. The molecular formula is C55H49ClN2O2. The second-order valence-corrected chi connectivity index (χ2v) is 18.2. The highest BCUT2D eigenvalue weighted by Gasteiger charge is 2.25. The van der Waals surface area contributed by atoms with Crippen molar-refractivity contribution in [1.82, 2.24) is 0 Å². The van der Waals surface area contributed by atoms with Gasteiger partial charge in [0.05, 0.1) is 28.9 Å². The Morgan fingerprint density at radius 3 is 1.25 bits per heavy atom. The van der Waals surface area contributed by atoms with Gasteiger partial charge in [0.15, 0.2) is 0 Å². The zero-order chi connectivity index (χ0) is 41.8. The molecule has 9 rings (SSSR count). The fraction of sp³-hybridized carbons (Fsp3) is 0.164. The summed E-state index contributed by atoms with van der Waals surface area (Å²) in [6, 6.07) is 55.8. The molecule has 0 bridgehead atoms. The molecule has 0 unspecified atom stereocenters. The molecule has 298 valence electrons. The molecule has 0 fully saturated rings. The van der Waals surface area contributed by atoms with E-state index in [1.54, 1.807) is 0 Å². The molecule has 0 N–H and O–H groups in total. The quantitative estimate of drug-likeness (QED) is 0.153. The predicted molar refractivity (Wildman–Crippen MR) is 253 cm³/mol. The lowest BCUT2D eigenvalue weighted by atomic mass is 9.86. The van der Waals surface area contributed by atoms with Crippen LogP contribution in [0.4, 0.5) is 34.1 Å². The van der Waals surface area contributed by atoms with E-state index >= 15 is 0 Å². The van der Waals surface area contributed by atoms with E-state index in [4.69, 9.17) is 20.4 Å². The van der Waals surface area contributed by atoms with Gasteiger partial charge in [-0.1, -0.05) is 138 Å². The van der Waals surface area contributed by atoms with Crippen molar-refractivity contribution in [2.45, 2.75) is 59.3 Å². The van der Waals surface area contributed by atoms with E-state index in [0.29, 0.717) is 5.02 Å². The maximum absolute atomic E-state index is 7.90. The lowest BCUT2D eigenvalue weighted by Crippen LogP contribution is -2.16. The van der Waals surface area contributed by atoms with Gasteiger partial charge in [0.2, 0.25) is 0 Å². The second kappa shape index (κ2) is 15.3. The number of halogens is 1. The molecule has 0 aliphatic carbocycles. The average molecular weight is 805 g/mol. The SMILES string of the molecule is Cc1cc(N(c2ccc(C(C)(C)C)cc2)c2ccc(C(C)(C)C)cc2)c(Cl)c(N(c2cccc(-c3coc4ccccc34)c2)c2cccc(-c3coc4ccccc34)c2)c1. The molecule has 0 amide bonds. The summed E-state index contributed by atoms with van der Waals surface area (Å²) in [6.45, 7) is 15.6. The van der Waals surface area contributed by atoms with Crippen LogP contribution in [0.5, 0.6) is 0 Å². The van der Waals surface area contributed by atoms with Crippen LogP contribution in [0, 0.1) is 6.92 Å². The predicted octanol–water partition coefficient (Wildman–Crippen LogP) is 17.0. The first-order chi connectivity index (χ1) is 28.8. The van der Waals surface area contributed by atoms with Crippen LogP contribution >= 0.6 is 11.6 Å². The number of nitrogens with zero attached hydrogens (tertiary/aromatic N) is 2. The second-order valence-electron chi connectivity index (χ2n) is 17.8. The Kier molecular flexibility index (Phi) is 9.93. The third-order valence-electron chi connectivity index (χ3n) is 11.4. The first-order valence-electron chi connectivity index (χ1n) is 20.6. The molecule has 0 saturated carbocycles. The zero-order valence-corrected chi connectivity index (χ0v) is 36.0. The van der Waals surface area contributed by atoms with Crippen molar-refractivity contribution in [1.29, 1.82) is 0 Å². The Morgan fingerprint density at radius 1 is 0.433 bits per heavy atom. The monoisotopic (exact) mass is 804 g/mol. The fourth-order valence-electron chi connectivity index (χ4n) is 8.16. The maximum atomic E-state index is 7.90. The molecule has 0 saturated heterocycles. The summed E-state index contributed by atoms with van der Waals surface area (Å²) in [5.41, 5.74) is 15.2. The average Bonchev–Trinajstić information content (AvgIpc) is 3.88. The minimum absolute atomic E-state index is 0.0148. The van der Waals surface area contributed by atoms with Crippen LogP contribution in [0.3, 0.4) is 0 Å². The first-order valence-corrected chi connectivity index (χ1v) is 21.0. The van der Waals surface area contributed by atoms with E-state index in [1.165, 1.54) is 11.1 Å². The van der Waals surface area contributed by atoms with Gasteiger partial charge in [-0.15, -0.1) is 0 Å². The van der Waals surface area contributed by atoms with Crippen molar-refractivity contribution in [2.24, 2.45) is 0 Å². The van der Waals surface area contributed by atoms with Gasteiger partial charge in [-0.05, 0) is 118 Å². The van der Waals surface area contributed by atoms with E-state index < -0.39 is 0 Å². The van der Waals surface area contributed by atoms with Gasteiger partial charge >= 0.3 is 0 Å². The largest absolute Gasteiger partial charge is 0.464 e. The van der Waals surface area contributed by atoms with Crippen LogP contribution in [-0.4, -0.2) is 0 Å². The molecular weight excluding hydrogens is 756 g/mol. The molecule has 2 aromatic heterocycles. The molecule has 9 aromatic rings. The minimum Gasteiger partial charge on any atom is -0.464 e. The van der Waals surface area contributed by atoms with E-state index in [0.717, 1.165) is 83.9 Å². The summed E-state index contributed by atoms with van der Waals surface area (Å²) in [5, 5.41) is 2.76. The molecule has 0 spiro atoms. The van der Waals surface area contributed by atoms with Crippen LogP contribution in [0.25, 0.3) is 44.2 Å². The number of hydrogen-bond acceptors (Lipinski definition) is 4. The summed E-state index contributed by atoms with van der Waals surface area (Å²) < 4.78 is 12.1. The Balaban J connectivity index is 1.26. The molecule has 60 heavy (non-hydrogen) atoms. The van der Waals surface area contributed by atoms with Crippen molar-refractivity contribution in [3.05, 3.63) is 192 Å². The molecule has 0 aliphatic heterocycles. The lowest BCUT2D eigenvalue weighted by molar-refractivity contribution is 0.590. The van der Waals surface area contributed by atoms with Crippen molar-refractivity contribution in [2.75, 3.05) is 9.80 Å². The Hall–Kier alpha value is -6.49. The fourth-order valence-corrected chi connectivity index (χ4v) is 8.44. The molecule has 0 radical (unpaired) electrons. The van der Waals surface area contributed by atoms with Crippen LogP contribution < -0.4 is 9.80 Å². The van der Waals surface area contributed by atoms with Gasteiger partial charge in [-0.2, -0.15) is 0 Å². The Morgan fingerprint density at radius 2 is 0.833 bits per heavy atom. The number of aryl methyl sites for hydroxylation is 1. The standard InChI is InChI=1S/C55H49ClN2O2/c1-36-30-49(57(41-26-22-39(23-27-41)54(2,3)4)42-28-24-40(25-29-42)55(5,6)7)53(56)50(31-36)58(43-16-12-14-37(32-43)47-34-59-51-20-10-8-18-45(47)51)44-17-13-15-38(33-44)48-35-60-52-21-11-9-19-46(48)52/h8-35H,1-7H3. The third kappa shape index (κ3) is 7.37. The molecule has 2 heterocycles. The smallest absolute Gasteiger partial charge is 0.134 e. The van der Waals surface area contributed by atoms with E-state index in [1.807, 2.05) is 36.8 Å². The van der Waals surface area contributed by atoms with Gasteiger partial charge in [-0.3, -0.25) is 0 Å². The molecule has 0 atom stereocenters. The van der Waals surface area contributed by atoms with Gasteiger partial charge in [0, 0.05) is 44.6 Å². The van der Waals surface area contributed by atoms with E-state index in [9.17, 15) is 0 Å².